The van der Waals surface area contributed by atoms with E-state index in [-0.39, 0.29) is 5.75 Å². The molecular formula is C13H28N2O3S. The molecule has 1 aliphatic heterocycles. The van der Waals surface area contributed by atoms with Gasteiger partial charge in [0.2, 0.25) is 10.0 Å². The minimum absolute atomic E-state index is 0.0945. The van der Waals surface area contributed by atoms with Crippen molar-refractivity contribution in [2.24, 2.45) is 0 Å². The fraction of sp³-hybridized carbons (Fsp3) is 1.00. The van der Waals surface area contributed by atoms with Gasteiger partial charge in [-0.1, -0.05) is 13.3 Å². The molecule has 1 rings (SSSR count). The van der Waals surface area contributed by atoms with E-state index in [4.69, 9.17) is 4.74 Å². The third-order valence-corrected chi connectivity index (χ3v) is 5.23. The van der Waals surface area contributed by atoms with Gasteiger partial charge >= 0.3 is 0 Å². The van der Waals surface area contributed by atoms with Crippen LogP contribution in [0.4, 0.5) is 0 Å². The number of nitrogens with zero attached hydrogens (tertiary/aromatic N) is 1. The van der Waals surface area contributed by atoms with Crippen molar-refractivity contribution in [3.8, 4) is 0 Å². The summed E-state index contributed by atoms with van der Waals surface area (Å²) in [6.45, 7) is 7.06. The number of hydrogen-bond donors (Lipinski definition) is 1. The van der Waals surface area contributed by atoms with Crippen LogP contribution in [-0.4, -0.2) is 57.4 Å². The van der Waals surface area contributed by atoms with Gasteiger partial charge < -0.3 is 10.1 Å². The lowest BCUT2D eigenvalue weighted by Crippen LogP contribution is -2.43. The molecule has 0 aromatic carbocycles. The van der Waals surface area contributed by atoms with E-state index in [1.165, 1.54) is 0 Å². The van der Waals surface area contributed by atoms with Crippen molar-refractivity contribution in [2.45, 2.75) is 45.6 Å². The highest BCUT2D eigenvalue weighted by Crippen LogP contribution is 2.11. The van der Waals surface area contributed by atoms with E-state index in [9.17, 15) is 8.42 Å². The maximum atomic E-state index is 12.3. The average molecular weight is 292 g/mol. The molecule has 19 heavy (non-hydrogen) atoms. The lowest BCUT2D eigenvalue weighted by Gasteiger charge is -2.25. The smallest absolute Gasteiger partial charge is 0.216 e. The van der Waals surface area contributed by atoms with E-state index < -0.39 is 10.0 Å². The molecule has 0 aromatic heterocycles. The van der Waals surface area contributed by atoms with E-state index in [2.05, 4.69) is 12.2 Å². The van der Waals surface area contributed by atoms with Gasteiger partial charge in [0.1, 0.15) is 0 Å². The van der Waals surface area contributed by atoms with Crippen molar-refractivity contribution < 1.29 is 13.2 Å². The lowest BCUT2D eigenvalue weighted by molar-refractivity contribution is 0.162. The van der Waals surface area contributed by atoms with Crippen molar-refractivity contribution in [2.75, 3.05) is 38.6 Å². The predicted molar refractivity (Wildman–Crippen MR) is 77.8 cm³/mol. The molecular weight excluding hydrogens is 264 g/mol. The van der Waals surface area contributed by atoms with Gasteiger partial charge in [-0.25, -0.2) is 12.7 Å². The maximum absolute atomic E-state index is 12.3. The largest absolute Gasteiger partial charge is 0.381 e. The van der Waals surface area contributed by atoms with E-state index in [0.29, 0.717) is 32.3 Å². The first-order chi connectivity index (χ1) is 9.10. The number of hydrogen-bond acceptors (Lipinski definition) is 4. The minimum Gasteiger partial charge on any atom is -0.381 e. The molecule has 5 nitrogen and oxygen atoms in total. The highest BCUT2D eigenvalue weighted by Gasteiger charge is 2.26. The van der Waals surface area contributed by atoms with Crippen LogP contribution in [0.5, 0.6) is 0 Å². The molecule has 0 saturated carbocycles. The number of rotatable bonds is 10. The first kappa shape index (κ1) is 16.9. The zero-order valence-corrected chi connectivity index (χ0v) is 13.0. The van der Waals surface area contributed by atoms with Crippen molar-refractivity contribution in [1.29, 1.82) is 0 Å². The molecule has 0 amide bonds. The summed E-state index contributed by atoms with van der Waals surface area (Å²) < 4.78 is 31.5. The monoisotopic (exact) mass is 292 g/mol. The molecule has 1 saturated heterocycles. The van der Waals surface area contributed by atoms with Gasteiger partial charge in [-0.15, -0.1) is 0 Å². The van der Waals surface area contributed by atoms with Crippen molar-refractivity contribution in [1.82, 2.24) is 9.62 Å². The SMILES string of the molecule is CCCCN(CC1CCCN1)S(=O)(=O)CCOCC. The molecule has 1 N–H and O–H groups in total. The highest BCUT2D eigenvalue weighted by molar-refractivity contribution is 7.89. The van der Waals surface area contributed by atoms with Gasteiger partial charge in [0.25, 0.3) is 0 Å². The second-order valence-electron chi connectivity index (χ2n) is 5.02. The Morgan fingerprint density at radius 2 is 2.16 bits per heavy atom. The zero-order valence-electron chi connectivity index (χ0n) is 12.2. The number of sulfonamides is 1. The summed E-state index contributed by atoms with van der Waals surface area (Å²) in [5.41, 5.74) is 0. The zero-order chi connectivity index (χ0) is 14.1. The van der Waals surface area contributed by atoms with Gasteiger partial charge in [-0.2, -0.15) is 0 Å². The maximum Gasteiger partial charge on any atom is 0.216 e. The first-order valence-corrected chi connectivity index (χ1v) is 9.00. The molecule has 0 spiro atoms. The quantitative estimate of drug-likeness (QED) is 0.615. The molecule has 0 bridgehead atoms. The molecule has 1 unspecified atom stereocenters. The summed E-state index contributed by atoms with van der Waals surface area (Å²) in [6.07, 6.45) is 4.14. The third kappa shape index (κ3) is 6.21. The van der Waals surface area contributed by atoms with Crippen molar-refractivity contribution in [3.05, 3.63) is 0 Å². The molecule has 6 heteroatoms. The molecule has 0 aromatic rings. The van der Waals surface area contributed by atoms with Crippen molar-refractivity contribution in [3.63, 3.8) is 0 Å². The Kier molecular flexibility index (Phi) is 7.90. The first-order valence-electron chi connectivity index (χ1n) is 7.39. The fourth-order valence-electron chi connectivity index (χ4n) is 2.27. The lowest BCUT2D eigenvalue weighted by atomic mass is 10.2. The second-order valence-corrected chi connectivity index (χ2v) is 7.11. The summed E-state index contributed by atoms with van der Waals surface area (Å²) in [5, 5.41) is 3.37. The van der Waals surface area contributed by atoms with Crippen molar-refractivity contribution >= 4 is 10.0 Å². The Morgan fingerprint density at radius 3 is 2.74 bits per heavy atom. The van der Waals surface area contributed by atoms with E-state index in [1.54, 1.807) is 4.31 Å². The summed E-state index contributed by atoms with van der Waals surface area (Å²) in [5.74, 6) is 0.0945. The van der Waals surface area contributed by atoms with Crippen LogP contribution in [0.2, 0.25) is 0 Å². The van der Waals surface area contributed by atoms with Crippen LogP contribution in [0.1, 0.15) is 39.5 Å². The van der Waals surface area contributed by atoms with Crippen LogP contribution in [0.25, 0.3) is 0 Å². The summed E-state index contributed by atoms with van der Waals surface area (Å²) in [4.78, 5) is 0. The van der Waals surface area contributed by atoms with E-state index >= 15 is 0 Å². The number of ether oxygens (including phenoxy) is 1. The highest BCUT2D eigenvalue weighted by atomic mass is 32.2. The summed E-state index contributed by atoms with van der Waals surface area (Å²) >= 11 is 0. The average Bonchev–Trinajstić information content (AvgIpc) is 2.87. The van der Waals surface area contributed by atoms with Crippen LogP contribution < -0.4 is 5.32 Å². The van der Waals surface area contributed by atoms with E-state index in [0.717, 1.165) is 32.2 Å². The molecule has 0 aliphatic carbocycles. The Balaban J connectivity index is 2.54. The predicted octanol–water partition coefficient (Wildman–Crippen LogP) is 1.21. The topological polar surface area (TPSA) is 58.6 Å². The van der Waals surface area contributed by atoms with Gasteiger partial charge in [-0.3, -0.25) is 0 Å². The van der Waals surface area contributed by atoms with Crippen LogP contribution in [0.15, 0.2) is 0 Å². The van der Waals surface area contributed by atoms with Crippen LogP contribution in [-0.2, 0) is 14.8 Å². The van der Waals surface area contributed by atoms with Crippen LogP contribution >= 0.6 is 0 Å². The Labute approximate surface area is 117 Å². The normalized spacial score (nSPS) is 20.3. The molecule has 1 aliphatic rings. The fourth-order valence-corrected chi connectivity index (χ4v) is 3.68. The van der Waals surface area contributed by atoms with Gasteiger partial charge in [0, 0.05) is 25.7 Å². The summed E-state index contributed by atoms with van der Waals surface area (Å²) in [6, 6.07) is 0.318. The molecule has 114 valence electrons. The molecule has 1 fully saturated rings. The van der Waals surface area contributed by atoms with Crippen LogP contribution in [0.3, 0.4) is 0 Å². The van der Waals surface area contributed by atoms with Gasteiger partial charge in [-0.05, 0) is 32.7 Å². The van der Waals surface area contributed by atoms with E-state index in [1.807, 2.05) is 6.92 Å². The Morgan fingerprint density at radius 1 is 1.37 bits per heavy atom. The number of nitrogens with one attached hydrogen (secondary N) is 1. The minimum atomic E-state index is -3.19. The molecule has 1 heterocycles. The standard InChI is InChI=1S/C13H28N2O3S/c1-3-5-9-15(12-13-7-6-8-14-13)19(16,17)11-10-18-4-2/h13-14H,3-12H2,1-2H3. The molecule has 0 radical (unpaired) electrons. The molecule has 1 atom stereocenters. The number of unbranched alkanes of at least 4 members (excludes halogenated alkanes) is 1. The second kappa shape index (κ2) is 8.89. The van der Waals surface area contributed by atoms with Gasteiger partial charge in [0.15, 0.2) is 0 Å². The Bertz CT molecular complexity index is 327. The Hall–Kier alpha value is -0.170. The third-order valence-electron chi connectivity index (χ3n) is 3.43. The van der Waals surface area contributed by atoms with Crippen LogP contribution in [0, 0.1) is 0 Å². The summed E-state index contributed by atoms with van der Waals surface area (Å²) in [7, 11) is -3.19. The van der Waals surface area contributed by atoms with Gasteiger partial charge in [0.05, 0.1) is 12.4 Å².